The number of aromatic nitrogens is 2. The molecule has 0 aliphatic heterocycles. The number of hydrogen-bond acceptors (Lipinski definition) is 4. The summed E-state index contributed by atoms with van der Waals surface area (Å²) in [5.41, 5.74) is 3.77. The molecule has 0 aliphatic carbocycles. The lowest BCUT2D eigenvalue weighted by atomic mass is 10.1. The Morgan fingerprint density at radius 2 is 2.14 bits per heavy atom. The van der Waals surface area contributed by atoms with Crippen LogP contribution in [0.5, 0.6) is 0 Å². The molecule has 22 heavy (non-hydrogen) atoms. The predicted octanol–water partition coefficient (Wildman–Crippen LogP) is 3.47. The first-order valence-corrected chi connectivity index (χ1v) is 7.29. The average Bonchev–Trinajstić information content (AvgIpc) is 2.90. The molecule has 0 saturated carbocycles. The highest BCUT2D eigenvalue weighted by atomic mass is 16.5. The molecule has 0 aliphatic rings. The van der Waals surface area contributed by atoms with Crippen LogP contribution < -0.4 is 10.6 Å². The second-order valence-electron chi connectivity index (χ2n) is 5.14. The molecular weight excluding hydrogens is 280 g/mol. The number of benzene rings is 1. The highest BCUT2D eigenvalue weighted by Gasteiger charge is 2.12. The van der Waals surface area contributed by atoms with Gasteiger partial charge in [-0.3, -0.25) is 10.00 Å². The zero-order valence-electron chi connectivity index (χ0n) is 13.4. The summed E-state index contributed by atoms with van der Waals surface area (Å²) in [5.74, 6) is 0. The van der Waals surface area contributed by atoms with Crippen molar-refractivity contribution in [2.75, 3.05) is 17.2 Å². The quantitative estimate of drug-likeness (QED) is 0.887. The molecule has 1 amide bonds. The Morgan fingerprint density at radius 3 is 2.77 bits per heavy atom. The molecule has 2 N–H and O–H groups in total. The van der Waals surface area contributed by atoms with E-state index < -0.39 is 6.09 Å². The lowest BCUT2D eigenvalue weighted by Crippen LogP contribution is -2.15. The van der Waals surface area contributed by atoms with Crippen molar-refractivity contribution in [3.63, 3.8) is 0 Å². The maximum absolute atomic E-state index is 11.6. The van der Waals surface area contributed by atoms with E-state index in [2.05, 4.69) is 22.7 Å². The van der Waals surface area contributed by atoms with Crippen molar-refractivity contribution < 1.29 is 9.53 Å². The Kier molecular flexibility index (Phi) is 5.04. The molecule has 2 rings (SSSR count). The van der Waals surface area contributed by atoms with E-state index in [-0.39, 0.29) is 6.04 Å². The number of hydrogen-bond donors (Lipinski definition) is 2. The van der Waals surface area contributed by atoms with E-state index in [1.54, 1.807) is 11.6 Å². The summed E-state index contributed by atoms with van der Waals surface area (Å²) < 4.78 is 6.69. The van der Waals surface area contributed by atoms with Crippen LogP contribution in [-0.2, 0) is 11.8 Å². The van der Waals surface area contributed by atoms with Gasteiger partial charge in [0.2, 0.25) is 0 Å². The first-order valence-electron chi connectivity index (χ1n) is 7.29. The predicted molar refractivity (Wildman–Crippen MR) is 87.1 cm³/mol. The third-order valence-electron chi connectivity index (χ3n) is 3.44. The van der Waals surface area contributed by atoms with E-state index in [0.29, 0.717) is 6.61 Å². The van der Waals surface area contributed by atoms with Gasteiger partial charge in [-0.25, -0.2) is 4.79 Å². The number of nitrogens with zero attached hydrogens (tertiary/aromatic N) is 2. The molecule has 6 nitrogen and oxygen atoms in total. The number of anilines is 2. The van der Waals surface area contributed by atoms with Crippen molar-refractivity contribution in [1.82, 2.24) is 9.78 Å². The SMILES string of the molecule is CCOC(=O)Nc1cccc(N[C@@H](C)c2cnn(C)c2)c1C. The molecule has 0 spiro atoms. The van der Waals surface area contributed by atoms with Gasteiger partial charge in [0.25, 0.3) is 0 Å². The Labute approximate surface area is 130 Å². The van der Waals surface area contributed by atoms with Crippen molar-refractivity contribution in [2.45, 2.75) is 26.8 Å². The number of amides is 1. The van der Waals surface area contributed by atoms with Crippen molar-refractivity contribution >= 4 is 17.5 Å². The molecular formula is C16H22N4O2. The monoisotopic (exact) mass is 302 g/mol. The second kappa shape index (κ2) is 6.98. The van der Waals surface area contributed by atoms with Gasteiger partial charge >= 0.3 is 6.09 Å². The molecule has 0 radical (unpaired) electrons. The van der Waals surface area contributed by atoms with Crippen molar-refractivity contribution in [1.29, 1.82) is 0 Å². The van der Waals surface area contributed by atoms with E-state index in [4.69, 9.17) is 4.74 Å². The highest BCUT2D eigenvalue weighted by Crippen LogP contribution is 2.27. The Bertz CT molecular complexity index is 651. The fourth-order valence-corrected chi connectivity index (χ4v) is 2.18. The largest absolute Gasteiger partial charge is 0.450 e. The number of carbonyl (C=O) groups excluding carboxylic acids is 1. The van der Waals surface area contributed by atoms with E-state index in [1.165, 1.54) is 0 Å². The van der Waals surface area contributed by atoms with E-state index in [0.717, 1.165) is 22.5 Å². The Hall–Kier alpha value is -2.50. The number of aryl methyl sites for hydroxylation is 1. The van der Waals surface area contributed by atoms with Gasteiger partial charge < -0.3 is 10.1 Å². The van der Waals surface area contributed by atoms with Crippen LogP contribution in [0.2, 0.25) is 0 Å². The van der Waals surface area contributed by atoms with Crippen molar-refractivity contribution in [3.05, 3.63) is 41.7 Å². The van der Waals surface area contributed by atoms with Crippen LogP contribution in [0.4, 0.5) is 16.2 Å². The average molecular weight is 302 g/mol. The lowest BCUT2D eigenvalue weighted by Gasteiger charge is -2.18. The van der Waals surface area contributed by atoms with Crippen molar-refractivity contribution in [2.24, 2.45) is 7.05 Å². The molecule has 0 bridgehead atoms. The van der Waals surface area contributed by atoms with Gasteiger partial charge in [-0.15, -0.1) is 0 Å². The van der Waals surface area contributed by atoms with Crippen LogP contribution in [0.3, 0.4) is 0 Å². The molecule has 1 aromatic carbocycles. The molecule has 1 aromatic heterocycles. The summed E-state index contributed by atoms with van der Waals surface area (Å²) in [5, 5.41) is 10.4. The summed E-state index contributed by atoms with van der Waals surface area (Å²) in [7, 11) is 1.89. The number of rotatable bonds is 5. The number of nitrogens with one attached hydrogen (secondary N) is 2. The first kappa shape index (κ1) is 15.9. The van der Waals surface area contributed by atoms with Crippen LogP contribution in [-0.4, -0.2) is 22.5 Å². The van der Waals surface area contributed by atoms with E-state index in [1.807, 2.05) is 44.6 Å². The van der Waals surface area contributed by atoms with Gasteiger partial charge in [0, 0.05) is 30.2 Å². The van der Waals surface area contributed by atoms with Crippen LogP contribution in [0.1, 0.15) is 31.0 Å². The van der Waals surface area contributed by atoms with Crippen LogP contribution in [0.15, 0.2) is 30.6 Å². The zero-order chi connectivity index (χ0) is 16.1. The smallest absolute Gasteiger partial charge is 0.411 e. The molecule has 0 unspecified atom stereocenters. The maximum atomic E-state index is 11.6. The minimum atomic E-state index is -0.442. The third-order valence-corrected chi connectivity index (χ3v) is 3.44. The van der Waals surface area contributed by atoms with Gasteiger partial charge in [-0.1, -0.05) is 6.07 Å². The van der Waals surface area contributed by atoms with Gasteiger partial charge in [-0.05, 0) is 38.5 Å². The fraction of sp³-hybridized carbons (Fsp3) is 0.375. The normalized spacial score (nSPS) is 11.8. The minimum absolute atomic E-state index is 0.116. The molecule has 2 aromatic rings. The standard InChI is InChI=1S/C16H22N4O2/c1-5-22-16(21)19-15-8-6-7-14(11(15)2)18-12(3)13-9-17-20(4)10-13/h6-10,12,18H,5H2,1-4H3,(H,19,21)/t12-/m0/s1. The summed E-state index contributed by atoms with van der Waals surface area (Å²) in [6.07, 6.45) is 3.38. The minimum Gasteiger partial charge on any atom is -0.450 e. The summed E-state index contributed by atoms with van der Waals surface area (Å²) in [4.78, 5) is 11.6. The highest BCUT2D eigenvalue weighted by molar-refractivity contribution is 5.87. The molecule has 118 valence electrons. The lowest BCUT2D eigenvalue weighted by molar-refractivity contribution is 0.168. The maximum Gasteiger partial charge on any atom is 0.411 e. The number of ether oxygens (including phenoxy) is 1. The molecule has 0 fully saturated rings. The Morgan fingerprint density at radius 1 is 1.41 bits per heavy atom. The van der Waals surface area contributed by atoms with Crippen LogP contribution in [0.25, 0.3) is 0 Å². The van der Waals surface area contributed by atoms with Gasteiger partial charge in [0.15, 0.2) is 0 Å². The van der Waals surface area contributed by atoms with Gasteiger partial charge in [0.1, 0.15) is 0 Å². The Balaban J connectivity index is 2.13. The molecule has 0 saturated heterocycles. The fourth-order valence-electron chi connectivity index (χ4n) is 2.18. The van der Waals surface area contributed by atoms with Crippen LogP contribution >= 0.6 is 0 Å². The molecule has 1 atom stereocenters. The molecule has 1 heterocycles. The third kappa shape index (κ3) is 3.78. The zero-order valence-corrected chi connectivity index (χ0v) is 13.4. The summed E-state index contributed by atoms with van der Waals surface area (Å²) in [6, 6.07) is 5.85. The van der Waals surface area contributed by atoms with Crippen molar-refractivity contribution in [3.8, 4) is 0 Å². The molecule has 6 heteroatoms. The van der Waals surface area contributed by atoms with Crippen LogP contribution in [0, 0.1) is 6.92 Å². The topological polar surface area (TPSA) is 68.2 Å². The number of carbonyl (C=O) groups is 1. The first-order chi connectivity index (χ1) is 10.5. The van der Waals surface area contributed by atoms with Gasteiger partial charge in [0.05, 0.1) is 18.8 Å². The van der Waals surface area contributed by atoms with E-state index in [9.17, 15) is 4.79 Å². The summed E-state index contributed by atoms with van der Waals surface area (Å²) >= 11 is 0. The second-order valence-corrected chi connectivity index (χ2v) is 5.14. The van der Waals surface area contributed by atoms with E-state index >= 15 is 0 Å². The summed E-state index contributed by atoms with van der Waals surface area (Å²) in [6.45, 7) is 6.16. The van der Waals surface area contributed by atoms with Gasteiger partial charge in [-0.2, -0.15) is 5.10 Å².